The van der Waals surface area contributed by atoms with Crippen molar-refractivity contribution in [2.24, 2.45) is 0 Å². The van der Waals surface area contributed by atoms with E-state index in [2.05, 4.69) is 157 Å². The lowest BCUT2D eigenvalue weighted by Gasteiger charge is -2.08. The van der Waals surface area contributed by atoms with Gasteiger partial charge in [0.1, 0.15) is 6.54 Å². The van der Waals surface area contributed by atoms with Crippen LogP contribution in [0.2, 0.25) is 0 Å². The summed E-state index contributed by atoms with van der Waals surface area (Å²) in [6, 6.07) is 21.6. The Morgan fingerprint density at radius 3 is 1.75 bits per heavy atom. The molecule has 0 spiro atoms. The van der Waals surface area contributed by atoms with Gasteiger partial charge in [0, 0.05) is 48.1 Å². The van der Waals surface area contributed by atoms with E-state index in [1.807, 2.05) is 21.6 Å². The molecule has 2 aromatic carbocycles. The molecule has 0 unspecified atom stereocenters. The van der Waals surface area contributed by atoms with Crippen LogP contribution < -0.4 is 20.5 Å². The van der Waals surface area contributed by atoms with Crippen molar-refractivity contribution in [1.82, 2.24) is 0 Å². The Morgan fingerprint density at radius 2 is 1.25 bits per heavy atom. The number of hydrogen-bond acceptors (Lipinski definition) is 4. The predicted octanol–water partition coefficient (Wildman–Crippen LogP) is 7.13. The number of allylic oxidation sites excluding steroid dienone is 4. The van der Waals surface area contributed by atoms with E-state index in [1.165, 1.54) is 33.6 Å². The molecule has 210 valence electrons. The summed E-state index contributed by atoms with van der Waals surface area (Å²) in [5.41, 5.74) is 7.17. The highest BCUT2D eigenvalue weighted by molar-refractivity contribution is 8.76. The van der Waals surface area contributed by atoms with Gasteiger partial charge in [-0.25, -0.2) is 4.57 Å². The summed E-state index contributed by atoms with van der Waals surface area (Å²) in [4.78, 5) is 0. The highest BCUT2D eigenvalue weighted by Crippen LogP contribution is 2.21. The van der Waals surface area contributed by atoms with Gasteiger partial charge in [0.05, 0.1) is 12.7 Å². The van der Waals surface area contributed by atoms with Crippen LogP contribution in [0.3, 0.4) is 0 Å². The van der Waals surface area contributed by atoms with Gasteiger partial charge in [-0.1, -0.05) is 76.2 Å². The van der Waals surface area contributed by atoms with E-state index in [0.717, 1.165) is 37.7 Å². The highest BCUT2D eigenvalue weighted by atomic mass is 33.1. The van der Waals surface area contributed by atoms with Crippen molar-refractivity contribution in [3.8, 4) is 0 Å². The standard InChI is InChI=1S/C34H42N4S2/c1-4-29(19-22-35-5-2)7-8-30-11-15-33(16-12-30)36-23-27-39-40-28-24-37-34-17-13-31(14-18-34)9-10-32-20-25-38(6-3)26-21-32/h4,7-22,25-26,35-36H,5-6,23-24,27-28H2,1-3H3/p+2. The summed E-state index contributed by atoms with van der Waals surface area (Å²) in [5.74, 6) is 2.14. The maximum atomic E-state index is 3.52. The van der Waals surface area contributed by atoms with E-state index in [0.29, 0.717) is 0 Å². The lowest BCUT2D eigenvalue weighted by atomic mass is 10.1. The minimum Gasteiger partial charge on any atom is -0.384 e. The molecule has 0 saturated carbocycles. The summed E-state index contributed by atoms with van der Waals surface area (Å²) < 4.78 is 2.16. The van der Waals surface area contributed by atoms with Gasteiger partial charge in [-0.3, -0.25) is 0 Å². The molecule has 6 heteroatoms. The van der Waals surface area contributed by atoms with Crippen LogP contribution in [0.15, 0.2) is 103 Å². The van der Waals surface area contributed by atoms with Crippen LogP contribution >= 0.6 is 21.6 Å². The Kier molecular flexibility index (Phi) is 14.9. The number of benzene rings is 2. The molecule has 0 aliphatic rings. The Labute approximate surface area is 249 Å². The van der Waals surface area contributed by atoms with E-state index >= 15 is 0 Å². The quantitative estimate of drug-likeness (QED) is 0.0697. The van der Waals surface area contributed by atoms with Crippen molar-refractivity contribution in [3.05, 3.63) is 120 Å². The summed E-state index contributed by atoms with van der Waals surface area (Å²) >= 11 is 0. The number of pyridine rings is 1. The lowest BCUT2D eigenvalue weighted by molar-refractivity contribution is -0.693. The van der Waals surface area contributed by atoms with Gasteiger partial charge in [0.15, 0.2) is 12.4 Å². The number of nitrogens with two attached hydrogens (primary N) is 1. The van der Waals surface area contributed by atoms with Crippen LogP contribution in [0.25, 0.3) is 18.2 Å². The van der Waals surface area contributed by atoms with E-state index in [4.69, 9.17) is 0 Å². The van der Waals surface area contributed by atoms with Crippen molar-refractivity contribution < 1.29 is 9.88 Å². The van der Waals surface area contributed by atoms with E-state index < -0.39 is 0 Å². The highest BCUT2D eigenvalue weighted by Gasteiger charge is 1.97. The molecule has 0 atom stereocenters. The van der Waals surface area contributed by atoms with Gasteiger partial charge in [0.2, 0.25) is 0 Å². The molecule has 0 saturated heterocycles. The lowest BCUT2D eigenvalue weighted by Crippen LogP contribution is -2.77. The molecule has 0 radical (unpaired) electrons. The zero-order valence-electron chi connectivity index (χ0n) is 24.1. The van der Waals surface area contributed by atoms with Crippen LogP contribution in [-0.4, -0.2) is 31.1 Å². The summed E-state index contributed by atoms with van der Waals surface area (Å²) in [5, 5.41) is 9.21. The number of nitrogens with one attached hydrogen (secondary N) is 2. The molecule has 0 aliphatic heterocycles. The maximum absolute atomic E-state index is 3.52. The number of hydrogen-bond donors (Lipinski definition) is 3. The largest absolute Gasteiger partial charge is 0.384 e. The van der Waals surface area contributed by atoms with Crippen molar-refractivity contribution in [2.45, 2.75) is 27.3 Å². The SMILES string of the molecule is CC=C(C=C[NH2+]CC)C=Cc1ccc(NCCSSCCNc2ccc(C=Cc3cc[n+](CC)cc3)cc2)cc1. The van der Waals surface area contributed by atoms with Crippen molar-refractivity contribution in [1.29, 1.82) is 0 Å². The molecule has 4 nitrogen and oxygen atoms in total. The van der Waals surface area contributed by atoms with Crippen molar-refractivity contribution in [3.63, 3.8) is 0 Å². The Hall–Kier alpha value is -3.19. The first-order chi connectivity index (χ1) is 19.7. The minimum atomic E-state index is 0.957. The molecule has 0 aliphatic carbocycles. The molecule has 3 aromatic rings. The average Bonchev–Trinajstić information content (AvgIpc) is 3.00. The number of anilines is 2. The van der Waals surface area contributed by atoms with E-state index in [1.54, 1.807) is 0 Å². The zero-order chi connectivity index (χ0) is 28.3. The fourth-order valence-corrected chi connectivity index (χ4v) is 5.57. The van der Waals surface area contributed by atoms with Crippen LogP contribution in [-0.2, 0) is 6.54 Å². The second-order valence-electron chi connectivity index (χ2n) is 9.16. The fourth-order valence-electron chi connectivity index (χ4n) is 3.76. The van der Waals surface area contributed by atoms with Gasteiger partial charge < -0.3 is 16.0 Å². The Bertz CT molecular complexity index is 1230. The van der Waals surface area contributed by atoms with Gasteiger partial charge in [-0.2, -0.15) is 0 Å². The minimum absolute atomic E-state index is 0.957. The molecule has 4 N–H and O–H groups in total. The third-order valence-electron chi connectivity index (χ3n) is 6.15. The van der Waals surface area contributed by atoms with Crippen LogP contribution in [0, 0.1) is 0 Å². The number of aromatic nitrogens is 1. The zero-order valence-corrected chi connectivity index (χ0v) is 25.7. The van der Waals surface area contributed by atoms with Crippen LogP contribution in [0.4, 0.5) is 11.4 Å². The predicted molar refractivity (Wildman–Crippen MR) is 180 cm³/mol. The third-order valence-corrected chi connectivity index (χ3v) is 8.55. The molecule has 0 fully saturated rings. The molecule has 3 rings (SSSR count). The van der Waals surface area contributed by atoms with E-state index in [9.17, 15) is 0 Å². The number of quaternary nitrogens is 1. The topological polar surface area (TPSA) is 44.6 Å². The van der Waals surface area contributed by atoms with Crippen LogP contribution in [0.1, 0.15) is 37.5 Å². The van der Waals surface area contributed by atoms with Crippen molar-refractivity contribution >= 4 is 51.2 Å². The molecular formula is C34H44N4S2+2. The molecule has 40 heavy (non-hydrogen) atoms. The summed E-state index contributed by atoms with van der Waals surface area (Å²) in [7, 11) is 3.84. The maximum Gasteiger partial charge on any atom is 0.169 e. The normalized spacial score (nSPS) is 12.1. The van der Waals surface area contributed by atoms with Crippen LogP contribution in [0.5, 0.6) is 0 Å². The first-order valence-electron chi connectivity index (χ1n) is 14.1. The average molecular weight is 573 g/mol. The number of rotatable bonds is 17. The number of nitrogens with zero attached hydrogens (tertiary/aromatic N) is 1. The molecule has 0 amide bonds. The van der Waals surface area contributed by atoms with Crippen molar-refractivity contribution in [2.75, 3.05) is 41.8 Å². The van der Waals surface area contributed by atoms with Gasteiger partial charge in [-0.15, -0.1) is 0 Å². The van der Waals surface area contributed by atoms with Gasteiger partial charge in [-0.05, 0) is 73.4 Å². The summed E-state index contributed by atoms with van der Waals surface area (Å²) in [6.45, 7) is 10.3. The second kappa shape index (κ2) is 19.0. The molecule has 1 heterocycles. The summed E-state index contributed by atoms with van der Waals surface area (Å²) in [6.07, 6.45) is 19.3. The molecule has 1 aromatic heterocycles. The van der Waals surface area contributed by atoms with E-state index in [-0.39, 0.29) is 0 Å². The monoisotopic (exact) mass is 572 g/mol. The van der Waals surface area contributed by atoms with Gasteiger partial charge in [0.25, 0.3) is 0 Å². The van der Waals surface area contributed by atoms with Gasteiger partial charge >= 0.3 is 0 Å². The molecular weight excluding hydrogens is 529 g/mol. The molecule has 0 bridgehead atoms. The number of aryl methyl sites for hydroxylation is 1. The third kappa shape index (κ3) is 12.3. The Balaban J connectivity index is 1.26. The Morgan fingerprint density at radius 1 is 0.725 bits per heavy atom. The second-order valence-corrected chi connectivity index (χ2v) is 11.9. The first-order valence-corrected chi connectivity index (χ1v) is 16.6. The first kappa shape index (κ1) is 31.3. The fraction of sp³-hybridized carbons (Fsp3) is 0.265. The smallest absolute Gasteiger partial charge is 0.169 e.